The molecule has 1 N–H and O–H groups in total. The first-order valence-electron chi connectivity index (χ1n) is 2.85. The molecule has 1 unspecified atom stereocenters. The van der Waals surface area contributed by atoms with E-state index in [1.54, 1.807) is 6.92 Å². The van der Waals surface area contributed by atoms with Crippen LogP contribution < -0.4 is 0 Å². The van der Waals surface area contributed by atoms with E-state index in [9.17, 15) is 0 Å². The van der Waals surface area contributed by atoms with E-state index >= 15 is 0 Å². The van der Waals surface area contributed by atoms with Gasteiger partial charge < -0.3 is 5.11 Å². The first-order valence-corrected chi connectivity index (χ1v) is 2.85. The van der Waals surface area contributed by atoms with Crippen LogP contribution in [0.1, 0.15) is 26.2 Å². The molecule has 0 aliphatic rings. The normalized spacial score (nSPS) is 12.6. The van der Waals surface area contributed by atoms with Crippen molar-refractivity contribution < 1.29 is 5.11 Å². The molecule has 0 saturated carbocycles. The summed E-state index contributed by atoms with van der Waals surface area (Å²) in [6.45, 7) is 1.75. The Morgan fingerprint density at radius 3 is 2.75 bits per heavy atom. The van der Waals surface area contributed by atoms with Crippen molar-refractivity contribution in [3.63, 3.8) is 0 Å². The van der Waals surface area contributed by atoms with E-state index in [4.69, 9.17) is 11.5 Å². The molecule has 0 spiro atoms. The van der Waals surface area contributed by atoms with Crippen LogP contribution in [0.25, 0.3) is 0 Å². The Balaban J connectivity index is 2.85. The molecule has 0 amide bonds. The molecule has 8 heavy (non-hydrogen) atoms. The molecule has 0 aromatic rings. The number of unbranched alkanes of at least 4 members (excludes halogenated alkanes) is 1. The Morgan fingerprint density at radius 1 is 1.75 bits per heavy atom. The lowest BCUT2D eigenvalue weighted by atomic mass is 10.2. The van der Waals surface area contributed by atoms with Crippen molar-refractivity contribution in [1.29, 1.82) is 0 Å². The predicted octanol–water partition coefficient (Wildman–Crippen LogP) is 1.13. The van der Waals surface area contributed by atoms with E-state index in [-0.39, 0.29) is 6.10 Å². The number of aliphatic hydroxyl groups is 1. The van der Waals surface area contributed by atoms with E-state index in [0.717, 1.165) is 12.8 Å². The van der Waals surface area contributed by atoms with Crippen LogP contribution in [-0.2, 0) is 0 Å². The summed E-state index contributed by atoms with van der Waals surface area (Å²) in [5.41, 5.74) is 0. The van der Waals surface area contributed by atoms with Gasteiger partial charge in [-0.2, -0.15) is 0 Å². The summed E-state index contributed by atoms with van der Waals surface area (Å²) in [6, 6.07) is 0. The lowest BCUT2D eigenvalue weighted by Crippen LogP contribution is -1.97. The lowest BCUT2D eigenvalue weighted by Gasteiger charge is -1.98. The van der Waals surface area contributed by atoms with Crippen molar-refractivity contribution in [2.45, 2.75) is 32.3 Å². The summed E-state index contributed by atoms with van der Waals surface area (Å²) in [7, 11) is 0. The van der Waals surface area contributed by atoms with Gasteiger partial charge in [0.05, 0.1) is 6.10 Å². The fourth-order valence-corrected chi connectivity index (χ4v) is 0.486. The fraction of sp³-hybridized carbons (Fsp3) is 0.714. The highest BCUT2D eigenvalue weighted by atomic mass is 16.3. The number of hydrogen-bond donors (Lipinski definition) is 1. The second-order valence-electron chi connectivity index (χ2n) is 1.92. The van der Waals surface area contributed by atoms with Crippen molar-refractivity contribution in [3.05, 3.63) is 6.42 Å². The molecule has 45 valence electrons. The van der Waals surface area contributed by atoms with E-state index in [2.05, 4.69) is 5.92 Å². The maximum absolute atomic E-state index is 8.69. The second kappa shape index (κ2) is 4.67. The second-order valence-corrected chi connectivity index (χ2v) is 1.92. The highest BCUT2D eigenvalue weighted by Gasteiger charge is 1.91. The van der Waals surface area contributed by atoms with Gasteiger partial charge in [0.25, 0.3) is 0 Å². The summed E-state index contributed by atoms with van der Waals surface area (Å²) in [5.74, 6) is 2.26. The molecule has 1 heteroatoms. The third kappa shape index (κ3) is 5.52. The summed E-state index contributed by atoms with van der Waals surface area (Å²) in [6.07, 6.45) is 8.63. The van der Waals surface area contributed by atoms with Crippen LogP contribution in [0.15, 0.2) is 0 Å². The summed E-state index contributed by atoms with van der Waals surface area (Å²) >= 11 is 0. The zero-order valence-corrected chi connectivity index (χ0v) is 5.15. The minimum absolute atomic E-state index is 0.219. The van der Waals surface area contributed by atoms with Crippen molar-refractivity contribution in [3.8, 4) is 5.92 Å². The molecule has 0 heterocycles. The van der Waals surface area contributed by atoms with E-state index < -0.39 is 0 Å². The molecule has 0 saturated heterocycles. The number of hydrogen-bond acceptors (Lipinski definition) is 1. The number of rotatable bonds is 3. The quantitative estimate of drug-likeness (QED) is 0.427. The number of aliphatic hydroxyl groups excluding tert-OH is 1. The van der Waals surface area contributed by atoms with Crippen LogP contribution in [0, 0.1) is 12.3 Å². The largest absolute Gasteiger partial charge is 0.393 e. The average Bonchev–Trinajstić information content (AvgIpc) is 1.66. The molecule has 0 bridgehead atoms. The molecular formula is C7H11O. The Kier molecular flexibility index (Phi) is 4.39. The topological polar surface area (TPSA) is 20.2 Å². The van der Waals surface area contributed by atoms with Gasteiger partial charge in [0, 0.05) is 6.42 Å². The first kappa shape index (κ1) is 7.52. The van der Waals surface area contributed by atoms with Gasteiger partial charge in [0.15, 0.2) is 0 Å². The molecule has 1 radical (unpaired) electrons. The molecule has 0 rings (SSSR count). The summed E-state index contributed by atoms with van der Waals surface area (Å²) < 4.78 is 0. The maximum atomic E-state index is 8.69. The van der Waals surface area contributed by atoms with Crippen LogP contribution >= 0.6 is 0 Å². The molecule has 0 aromatic carbocycles. The lowest BCUT2D eigenvalue weighted by molar-refractivity contribution is 0.182. The predicted molar refractivity (Wildman–Crippen MR) is 32.7 cm³/mol. The molecule has 1 atom stereocenters. The van der Waals surface area contributed by atoms with Gasteiger partial charge in [-0.1, -0.05) is 5.92 Å². The highest BCUT2D eigenvalue weighted by molar-refractivity contribution is 4.74. The third-order valence-electron chi connectivity index (χ3n) is 0.924. The highest BCUT2D eigenvalue weighted by Crippen LogP contribution is 1.97. The Hall–Kier alpha value is -0.480. The Morgan fingerprint density at radius 2 is 2.38 bits per heavy atom. The smallest absolute Gasteiger partial charge is 0.0512 e. The zero-order chi connectivity index (χ0) is 6.41. The van der Waals surface area contributed by atoms with Crippen molar-refractivity contribution in [2.75, 3.05) is 0 Å². The van der Waals surface area contributed by atoms with Gasteiger partial charge in [-0.25, -0.2) is 0 Å². The van der Waals surface area contributed by atoms with Gasteiger partial charge in [-0.15, -0.1) is 0 Å². The van der Waals surface area contributed by atoms with Gasteiger partial charge in [0.1, 0.15) is 0 Å². The molecule has 0 aromatic heterocycles. The van der Waals surface area contributed by atoms with Crippen molar-refractivity contribution in [1.82, 2.24) is 0 Å². The minimum Gasteiger partial charge on any atom is -0.393 e. The maximum Gasteiger partial charge on any atom is 0.0512 e. The Labute approximate surface area is 50.7 Å². The van der Waals surface area contributed by atoms with Crippen LogP contribution in [0.4, 0.5) is 0 Å². The van der Waals surface area contributed by atoms with Crippen LogP contribution in [0.2, 0.25) is 0 Å². The summed E-state index contributed by atoms with van der Waals surface area (Å²) in [4.78, 5) is 0. The molecule has 0 fully saturated rings. The molecule has 0 aliphatic heterocycles. The van der Waals surface area contributed by atoms with Gasteiger partial charge in [-0.05, 0) is 26.2 Å². The van der Waals surface area contributed by atoms with Crippen LogP contribution in [-0.4, -0.2) is 11.2 Å². The molecular weight excluding hydrogens is 100 g/mol. The fourth-order valence-electron chi connectivity index (χ4n) is 0.486. The monoisotopic (exact) mass is 111 g/mol. The third-order valence-corrected chi connectivity index (χ3v) is 0.924. The average molecular weight is 111 g/mol. The molecule has 1 nitrogen and oxygen atoms in total. The SMILES string of the molecule is [C]#CCCCC(C)O. The summed E-state index contributed by atoms with van der Waals surface area (Å²) in [5, 5.41) is 8.69. The Bertz CT molecular complexity index is 78.9. The van der Waals surface area contributed by atoms with Crippen LogP contribution in [0.5, 0.6) is 0 Å². The first-order chi connectivity index (χ1) is 3.77. The minimum atomic E-state index is -0.219. The van der Waals surface area contributed by atoms with Crippen molar-refractivity contribution >= 4 is 0 Å². The van der Waals surface area contributed by atoms with Crippen molar-refractivity contribution in [2.24, 2.45) is 0 Å². The standard InChI is InChI=1S/C7H11O/c1-3-4-5-6-7(2)8/h7-8H,4-6H2,2H3. The van der Waals surface area contributed by atoms with E-state index in [1.807, 2.05) is 0 Å². The van der Waals surface area contributed by atoms with E-state index in [0.29, 0.717) is 6.42 Å². The molecule has 0 aliphatic carbocycles. The van der Waals surface area contributed by atoms with Gasteiger partial charge in [0.2, 0.25) is 0 Å². The van der Waals surface area contributed by atoms with E-state index in [1.165, 1.54) is 0 Å². The van der Waals surface area contributed by atoms with Crippen LogP contribution in [0.3, 0.4) is 0 Å². The zero-order valence-electron chi connectivity index (χ0n) is 5.15. The van der Waals surface area contributed by atoms with Gasteiger partial charge in [-0.3, -0.25) is 0 Å². The van der Waals surface area contributed by atoms with Gasteiger partial charge >= 0.3 is 0 Å².